The zero-order chi connectivity index (χ0) is 14.0. The molecule has 2 rings (SSSR count). The van der Waals surface area contributed by atoms with Gasteiger partial charge < -0.3 is 15.2 Å². The topological polar surface area (TPSA) is 88.5 Å². The van der Waals surface area contributed by atoms with E-state index in [4.69, 9.17) is 4.74 Å². The van der Waals surface area contributed by atoms with Crippen LogP contribution in [0.3, 0.4) is 0 Å². The van der Waals surface area contributed by atoms with Crippen LogP contribution in [-0.4, -0.2) is 29.1 Å². The van der Waals surface area contributed by atoms with Gasteiger partial charge in [0, 0.05) is 18.4 Å². The van der Waals surface area contributed by atoms with Crippen molar-refractivity contribution in [2.75, 3.05) is 12.4 Å². The highest BCUT2D eigenvalue weighted by Crippen LogP contribution is 2.25. The van der Waals surface area contributed by atoms with Crippen LogP contribution >= 0.6 is 0 Å². The molecule has 0 bridgehead atoms. The number of aromatic carboxylic acids is 1. The van der Waals surface area contributed by atoms with Crippen molar-refractivity contribution in [1.82, 2.24) is 4.98 Å². The number of nitrogens with one attached hydrogen (secondary N) is 1. The van der Waals surface area contributed by atoms with E-state index < -0.39 is 5.97 Å². The third-order valence-corrected chi connectivity index (χ3v) is 2.55. The van der Waals surface area contributed by atoms with E-state index in [0.717, 1.165) is 0 Å². The highest BCUT2D eigenvalue weighted by molar-refractivity contribution is 6.04. The van der Waals surface area contributed by atoms with Gasteiger partial charge in [-0.1, -0.05) is 0 Å². The van der Waals surface area contributed by atoms with E-state index in [1.807, 2.05) is 0 Å². The molecule has 0 saturated heterocycles. The number of carboxylic acids is 1. The van der Waals surface area contributed by atoms with Crippen molar-refractivity contribution in [2.45, 2.75) is 6.92 Å². The highest BCUT2D eigenvalue weighted by Gasteiger charge is 2.13. The molecule has 2 N–H and O–H groups in total. The van der Waals surface area contributed by atoms with Crippen LogP contribution in [-0.2, 0) is 4.79 Å². The summed E-state index contributed by atoms with van der Waals surface area (Å²) in [5, 5.41) is 12.2. The molecule has 2 aromatic rings. The molecule has 6 nitrogen and oxygen atoms in total. The number of carbonyl (C=O) groups excluding carboxylic acids is 1. The van der Waals surface area contributed by atoms with Crippen molar-refractivity contribution in [3.63, 3.8) is 0 Å². The first kappa shape index (κ1) is 12.8. The predicted octanol–water partition coefficient (Wildman–Crippen LogP) is 1.90. The molecule has 0 radical (unpaired) electrons. The summed E-state index contributed by atoms with van der Waals surface area (Å²) in [5.74, 6) is -0.628. The number of ether oxygens (including phenoxy) is 1. The Morgan fingerprint density at radius 1 is 1.32 bits per heavy atom. The molecular weight excluding hydrogens is 248 g/mol. The summed E-state index contributed by atoms with van der Waals surface area (Å²) >= 11 is 0. The highest BCUT2D eigenvalue weighted by atomic mass is 16.5. The second-order valence-electron chi connectivity index (χ2n) is 3.92. The Hall–Kier alpha value is -2.63. The Morgan fingerprint density at radius 3 is 2.63 bits per heavy atom. The van der Waals surface area contributed by atoms with E-state index in [2.05, 4.69) is 10.3 Å². The molecule has 1 amide bonds. The van der Waals surface area contributed by atoms with Crippen molar-refractivity contribution < 1.29 is 19.4 Å². The monoisotopic (exact) mass is 260 g/mol. The van der Waals surface area contributed by atoms with Crippen LogP contribution in [0, 0.1) is 0 Å². The van der Waals surface area contributed by atoms with E-state index in [0.29, 0.717) is 16.7 Å². The van der Waals surface area contributed by atoms with Gasteiger partial charge >= 0.3 is 5.97 Å². The average Bonchev–Trinajstić information content (AvgIpc) is 2.36. The fourth-order valence-electron chi connectivity index (χ4n) is 1.76. The predicted molar refractivity (Wildman–Crippen MR) is 69.6 cm³/mol. The van der Waals surface area contributed by atoms with Crippen molar-refractivity contribution >= 4 is 28.6 Å². The number of carbonyl (C=O) groups is 2. The molecule has 1 aromatic carbocycles. The summed E-state index contributed by atoms with van der Waals surface area (Å²) in [6.45, 7) is 1.33. The Balaban J connectivity index is 2.68. The molecular formula is C13H12N2O4. The van der Waals surface area contributed by atoms with E-state index in [1.165, 1.54) is 20.1 Å². The molecule has 0 spiro atoms. The Bertz CT molecular complexity index is 667. The van der Waals surface area contributed by atoms with Crippen LogP contribution in [0.1, 0.15) is 17.3 Å². The van der Waals surface area contributed by atoms with Crippen molar-refractivity contribution in [1.29, 1.82) is 0 Å². The standard InChI is InChI=1S/C13H12N2O4/c1-7(16)14-12-6-10(13(17)18)9-4-3-8(19-2)5-11(9)15-12/h3-6H,1-2H3,(H,17,18)(H,14,15,16). The summed E-state index contributed by atoms with van der Waals surface area (Å²) in [6, 6.07) is 6.24. The summed E-state index contributed by atoms with van der Waals surface area (Å²) in [4.78, 5) is 26.5. The zero-order valence-corrected chi connectivity index (χ0v) is 10.4. The third-order valence-electron chi connectivity index (χ3n) is 2.55. The molecule has 0 atom stereocenters. The first-order valence-corrected chi connectivity index (χ1v) is 5.51. The van der Waals surface area contributed by atoms with Crippen molar-refractivity contribution in [2.24, 2.45) is 0 Å². The number of benzene rings is 1. The van der Waals surface area contributed by atoms with Crippen LogP contribution in [0.4, 0.5) is 5.82 Å². The Kier molecular flexibility index (Phi) is 3.33. The molecule has 19 heavy (non-hydrogen) atoms. The maximum atomic E-state index is 11.2. The first-order valence-electron chi connectivity index (χ1n) is 5.51. The largest absolute Gasteiger partial charge is 0.497 e. The van der Waals surface area contributed by atoms with Gasteiger partial charge in [-0.3, -0.25) is 4.79 Å². The second kappa shape index (κ2) is 4.93. The molecule has 1 heterocycles. The quantitative estimate of drug-likeness (QED) is 0.879. The summed E-state index contributed by atoms with van der Waals surface area (Å²) < 4.78 is 5.07. The van der Waals surface area contributed by atoms with E-state index in [9.17, 15) is 14.7 Å². The fraction of sp³-hybridized carbons (Fsp3) is 0.154. The first-order chi connectivity index (χ1) is 9.01. The van der Waals surface area contributed by atoms with Crippen molar-refractivity contribution in [3.8, 4) is 5.75 Å². The average molecular weight is 260 g/mol. The molecule has 0 aliphatic rings. The molecule has 0 aliphatic carbocycles. The minimum atomic E-state index is -1.08. The van der Waals surface area contributed by atoms with Crippen LogP contribution in [0.2, 0.25) is 0 Å². The summed E-state index contributed by atoms with van der Waals surface area (Å²) in [6.07, 6.45) is 0. The normalized spacial score (nSPS) is 10.2. The Labute approximate surface area is 109 Å². The number of pyridine rings is 1. The number of carboxylic acid groups (broad SMARTS) is 1. The van der Waals surface area contributed by atoms with Gasteiger partial charge in [0.15, 0.2) is 0 Å². The molecule has 6 heteroatoms. The summed E-state index contributed by atoms with van der Waals surface area (Å²) in [7, 11) is 1.51. The van der Waals surface area contributed by atoms with Gasteiger partial charge in [-0.2, -0.15) is 0 Å². The van der Waals surface area contributed by atoms with Crippen LogP contribution in [0.25, 0.3) is 10.9 Å². The van der Waals surface area contributed by atoms with Gasteiger partial charge in [0.05, 0.1) is 18.2 Å². The van der Waals surface area contributed by atoms with E-state index in [1.54, 1.807) is 18.2 Å². The molecule has 0 unspecified atom stereocenters. The number of hydrogen-bond acceptors (Lipinski definition) is 4. The van der Waals surface area contributed by atoms with Gasteiger partial charge in [0.1, 0.15) is 11.6 Å². The molecule has 0 saturated carbocycles. The maximum absolute atomic E-state index is 11.2. The minimum Gasteiger partial charge on any atom is -0.497 e. The number of methoxy groups -OCH3 is 1. The molecule has 0 aliphatic heterocycles. The van der Waals surface area contributed by atoms with Gasteiger partial charge in [-0.25, -0.2) is 9.78 Å². The fourth-order valence-corrected chi connectivity index (χ4v) is 1.76. The number of anilines is 1. The molecule has 0 fully saturated rings. The van der Waals surface area contributed by atoms with Gasteiger partial charge in [-0.05, 0) is 18.2 Å². The third kappa shape index (κ3) is 2.62. The number of hydrogen-bond donors (Lipinski definition) is 2. The number of fused-ring (bicyclic) bond motifs is 1. The van der Waals surface area contributed by atoms with Crippen LogP contribution in [0.15, 0.2) is 24.3 Å². The van der Waals surface area contributed by atoms with E-state index in [-0.39, 0.29) is 17.3 Å². The van der Waals surface area contributed by atoms with Crippen molar-refractivity contribution in [3.05, 3.63) is 29.8 Å². The van der Waals surface area contributed by atoms with Crippen LogP contribution in [0.5, 0.6) is 5.75 Å². The Morgan fingerprint density at radius 2 is 2.05 bits per heavy atom. The van der Waals surface area contributed by atoms with Crippen LogP contribution < -0.4 is 10.1 Å². The SMILES string of the molecule is COc1ccc2c(C(=O)O)cc(NC(C)=O)nc2c1. The van der Waals surface area contributed by atoms with E-state index >= 15 is 0 Å². The molecule has 98 valence electrons. The number of amides is 1. The number of nitrogens with zero attached hydrogens (tertiary/aromatic N) is 1. The maximum Gasteiger partial charge on any atom is 0.336 e. The number of rotatable bonds is 3. The minimum absolute atomic E-state index is 0.0800. The lowest BCUT2D eigenvalue weighted by Gasteiger charge is -2.08. The lowest BCUT2D eigenvalue weighted by Crippen LogP contribution is -2.09. The smallest absolute Gasteiger partial charge is 0.336 e. The van der Waals surface area contributed by atoms with Gasteiger partial charge in [0.2, 0.25) is 5.91 Å². The van der Waals surface area contributed by atoms with Gasteiger partial charge in [-0.15, -0.1) is 0 Å². The zero-order valence-electron chi connectivity index (χ0n) is 10.4. The lowest BCUT2D eigenvalue weighted by molar-refractivity contribution is -0.114. The van der Waals surface area contributed by atoms with Gasteiger partial charge in [0.25, 0.3) is 0 Å². The second-order valence-corrected chi connectivity index (χ2v) is 3.92. The molecule has 1 aromatic heterocycles. The number of aromatic nitrogens is 1. The summed E-state index contributed by atoms with van der Waals surface area (Å²) in [5.41, 5.74) is 0.527. The lowest BCUT2D eigenvalue weighted by atomic mass is 10.1.